The van der Waals surface area contributed by atoms with Gasteiger partial charge in [0, 0.05) is 0 Å². The summed E-state index contributed by atoms with van der Waals surface area (Å²) in [5.74, 6) is -18.5. The van der Waals surface area contributed by atoms with Crippen LogP contribution in [0.2, 0.25) is 0 Å². The molecule has 0 heterocycles. The van der Waals surface area contributed by atoms with E-state index in [0.29, 0.717) is 0 Å². The molecule has 0 unspecified atom stereocenters. The Balaban J connectivity index is 6.05. The zero-order valence-corrected chi connectivity index (χ0v) is 8.32. The standard InChI is InChI=1S/C5F10O2S/c6-1(2(7)8)3(9,10)4(11,12)5(13,14)18(15,16)17. The summed E-state index contributed by atoms with van der Waals surface area (Å²) in [6, 6.07) is 0. The van der Waals surface area contributed by atoms with Crippen molar-refractivity contribution in [1.29, 1.82) is 0 Å². The minimum absolute atomic E-state index is 4.09. The van der Waals surface area contributed by atoms with E-state index < -0.39 is 39.2 Å². The fourth-order valence-electron chi connectivity index (χ4n) is 0.592. The van der Waals surface area contributed by atoms with Crippen LogP contribution in [0.25, 0.3) is 0 Å². The predicted octanol–water partition coefficient (Wildman–Crippen LogP) is 3.23. The van der Waals surface area contributed by atoms with Crippen molar-refractivity contribution in [3.63, 3.8) is 0 Å². The largest absolute Gasteiger partial charge is 0.442 e. The third kappa shape index (κ3) is 2.27. The molecule has 0 bridgehead atoms. The maximum atomic E-state index is 12.4. The molecule has 0 radical (unpaired) electrons. The van der Waals surface area contributed by atoms with E-state index in [0.717, 1.165) is 0 Å². The normalized spacial score (nSPS) is 14.6. The molecule has 2 nitrogen and oxygen atoms in total. The fourth-order valence-corrected chi connectivity index (χ4v) is 1.03. The second kappa shape index (κ2) is 4.28. The summed E-state index contributed by atoms with van der Waals surface area (Å²) in [5.41, 5.74) is 0. The topological polar surface area (TPSA) is 34.1 Å². The van der Waals surface area contributed by atoms with E-state index in [2.05, 4.69) is 0 Å². The molecule has 0 aliphatic carbocycles. The zero-order chi connectivity index (χ0) is 15.2. The van der Waals surface area contributed by atoms with E-state index in [-0.39, 0.29) is 0 Å². The first-order chi connectivity index (χ1) is 7.60. The summed E-state index contributed by atoms with van der Waals surface area (Å²) in [6.07, 6.45) is -4.09. The second-order valence-corrected chi connectivity index (χ2v) is 4.07. The summed E-state index contributed by atoms with van der Waals surface area (Å²) < 4.78 is 139. The molecule has 0 aliphatic rings. The molecule has 0 N–H and O–H groups in total. The summed E-state index contributed by atoms with van der Waals surface area (Å²) in [6.45, 7) is 0. The summed E-state index contributed by atoms with van der Waals surface area (Å²) in [4.78, 5) is 0. The maximum Gasteiger partial charge on any atom is 0.442 e. The molecule has 0 aromatic carbocycles. The smallest absolute Gasteiger partial charge is 0.199 e. The van der Waals surface area contributed by atoms with Crippen molar-refractivity contribution in [2.75, 3.05) is 0 Å². The van der Waals surface area contributed by atoms with Crippen LogP contribution in [0, 0.1) is 0 Å². The third-order valence-corrected chi connectivity index (χ3v) is 2.38. The molecule has 0 spiro atoms. The average Bonchev–Trinajstić information content (AvgIpc) is 2.13. The van der Waals surface area contributed by atoms with Crippen LogP contribution in [0.1, 0.15) is 0 Å². The highest BCUT2D eigenvalue weighted by molar-refractivity contribution is 7.87. The van der Waals surface area contributed by atoms with Crippen molar-refractivity contribution < 1.29 is 51.8 Å². The minimum Gasteiger partial charge on any atom is -0.199 e. The van der Waals surface area contributed by atoms with Gasteiger partial charge in [0.2, 0.25) is 5.83 Å². The number of hydrogen-bond donors (Lipinski definition) is 0. The van der Waals surface area contributed by atoms with Gasteiger partial charge in [0.05, 0.1) is 0 Å². The van der Waals surface area contributed by atoms with Crippen LogP contribution in [0.15, 0.2) is 11.9 Å². The lowest BCUT2D eigenvalue weighted by molar-refractivity contribution is -0.271. The number of allylic oxidation sites excluding steroid dienone is 1. The van der Waals surface area contributed by atoms with Gasteiger partial charge in [0.25, 0.3) is 0 Å². The van der Waals surface area contributed by atoms with Crippen molar-refractivity contribution in [3.05, 3.63) is 11.9 Å². The van der Waals surface area contributed by atoms with Gasteiger partial charge >= 0.3 is 33.4 Å². The van der Waals surface area contributed by atoms with Crippen LogP contribution in [0.3, 0.4) is 0 Å². The van der Waals surface area contributed by atoms with E-state index in [4.69, 9.17) is 0 Å². The lowest BCUT2D eigenvalue weighted by Gasteiger charge is -2.28. The molecular weight excluding hydrogens is 314 g/mol. The van der Waals surface area contributed by atoms with Gasteiger partial charge in [-0.3, -0.25) is 0 Å². The zero-order valence-electron chi connectivity index (χ0n) is 7.50. The maximum absolute atomic E-state index is 12.4. The Hall–Kier alpha value is -1.01. The Morgan fingerprint density at radius 1 is 0.833 bits per heavy atom. The Morgan fingerprint density at radius 3 is 1.39 bits per heavy atom. The van der Waals surface area contributed by atoms with Gasteiger partial charge in [0.15, 0.2) is 0 Å². The first-order valence-electron chi connectivity index (χ1n) is 3.39. The van der Waals surface area contributed by atoms with E-state index in [1.807, 2.05) is 0 Å². The first-order valence-corrected chi connectivity index (χ1v) is 4.78. The van der Waals surface area contributed by atoms with Crippen LogP contribution in [0.5, 0.6) is 0 Å². The number of rotatable bonds is 4. The van der Waals surface area contributed by atoms with Crippen molar-refractivity contribution >= 4 is 10.2 Å². The molecule has 0 saturated carbocycles. The molecule has 13 heteroatoms. The molecule has 0 saturated heterocycles. The number of alkyl halides is 6. The van der Waals surface area contributed by atoms with Gasteiger partial charge in [-0.15, -0.1) is 0 Å². The fraction of sp³-hybridized carbons (Fsp3) is 0.600. The van der Waals surface area contributed by atoms with E-state index in [9.17, 15) is 51.8 Å². The van der Waals surface area contributed by atoms with Crippen molar-refractivity contribution in [2.24, 2.45) is 0 Å². The molecule has 0 aromatic rings. The van der Waals surface area contributed by atoms with Crippen molar-refractivity contribution in [1.82, 2.24) is 0 Å². The van der Waals surface area contributed by atoms with Gasteiger partial charge in [-0.2, -0.15) is 47.9 Å². The number of halogens is 10. The molecule has 108 valence electrons. The summed E-state index contributed by atoms with van der Waals surface area (Å²) in [7, 11) is -7.60. The summed E-state index contributed by atoms with van der Waals surface area (Å²) >= 11 is 0. The van der Waals surface area contributed by atoms with Gasteiger partial charge in [0.1, 0.15) is 0 Å². The molecule has 0 atom stereocenters. The Kier molecular flexibility index (Phi) is 4.04. The van der Waals surface area contributed by atoms with E-state index in [1.54, 1.807) is 0 Å². The SMILES string of the molecule is O=S(=O)(F)C(F)(F)C(F)(F)C(F)(F)C(F)=C(F)F. The molecule has 0 aliphatic heterocycles. The molecular formula is C5F10O2S. The van der Waals surface area contributed by atoms with Crippen LogP contribution >= 0.6 is 0 Å². The number of hydrogen-bond acceptors (Lipinski definition) is 2. The van der Waals surface area contributed by atoms with Crippen LogP contribution in [-0.2, 0) is 10.2 Å². The third-order valence-electron chi connectivity index (χ3n) is 1.51. The summed E-state index contributed by atoms with van der Waals surface area (Å²) in [5, 5.41) is -7.10. The van der Waals surface area contributed by atoms with E-state index in [1.165, 1.54) is 0 Å². The Labute approximate surface area is 92.1 Å². The Morgan fingerprint density at radius 2 is 1.17 bits per heavy atom. The van der Waals surface area contributed by atoms with Crippen LogP contribution in [-0.4, -0.2) is 25.5 Å². The molecule has 18 heavy (non-hydrogen) atoms. The molecule has 0 fully saturated rings. The van der Waals surface area contributed by atoms with Crippen LogP contribution in [0.4, 0.5) is 43.4 Å². The van der Waals surface area contributed by atoms with Crippen LogP contribution < -0.4 is 0 Å². The minimum atomic E-state index is -7.60. The van der Waals surface area contributed by atoms with E-state index >= 15 is 0 Å². The lowest BCUT2D eigenvalue weighted by atomic mass is 10.1. The highest BCUT2D eigenvalue weighted by Gasteiger charge is 2.80. The van der Waals surface area contributed by atoms with Gasteiger partial charge in [-0.25, -0.2) is 0 Å². The van der Waals surface area contributed by atoms with Crippen molar-refractivity contribution in [3.8, 4) is 0 Å². The highest BCUT2D eigenvalue weighted by Crippen LogP contribution is 2.52. The first kappa shape index (κ1) is 17.0. The quantitative estimate of drug-likeness (QED) is 0.590. The highest BCUT2D eigenvalue weighted by atomic mass is 32.3. The Bertz CT molecular complexity index is 459. The molecule has 0 aromatic heterocycles. The van der Waals surface area contributed by atoms with Gasteiger partial charge < -0.3 is 0 Å². The lowest BCUT2D eigenvalue weighted by Crippen LogP contribution is -2.57. The average molecular weight is 314 g/mol. The van der Waals surface area contributed by atoms with Gasteiger partial charge in [-0.1, -0.05) is 3.89 Å². The monoisotopic (exact) mass is 314 g/mol. The van der Waals surface area contributed by atoms with Gasteiger partial charge in [-0.05, 0) is 0 Å². The predicted molar refractivity (Wildman–Crippen MR) is 35.2 cm³/mol. The molecule has 0 amide bonds. The second-order valence-electron chi connectivity index (χ2n) is 2.68. The molecule has 0 rings (SSSR count). The van der Waals surface area contributed by atoms with Crippen molar-refractivity contribution in [2.45, 2.75) is 17.1 Å².